The first-order chi connectivity index (χ1) is 20.9. The van der Waals surface area contributed by atoms with Gasteiger partial charge in [0.2, 0.25) is 5.91 Å². The van der Waals surface area contributed by atoms with E-state index in [9.17, 15) is 40.8 Å². The molecule has 4 N–H and O–H groups in total. The third-order valence-electron chi connectivity index (χ3n) is 7.86. The molecule has 0 spiro atoms. The quantitative estimate of drug-likeness (QED) is 0.197. The van der Waals surface area contributed by atoms with Crippen molar-refractivity contribution < 1.29 is 59.4 Å². The molecule has 0 bridgehead atoms. The molecule has 6 saturated heterocycles. The summed E-state index contributed by atoms with van der Waals surface area (Å²) >= 11 is 0. The summed E-state index contributed by atoms with van der Waals surface area (Å²) in [5.74, 6) is -1.42. The Morgan fingerprint density at radius 1 is 0.739 bits per heavy atom. The van der Waals surface area contributed by atoms with Crippen molar-refractivity contribution in [1.29, 1.82) is 0 Å². The number of fused-ring (bicyclic) bond motifs is 3. The standard InChI is InChI=1S/C10H16N2O6S.C10H16N2O3.C5H8N2O4S/c1-10(2,3)18-9(14)11-5-4-6-7(11)8(13)12(6)19(15,16)17;1-10(2,3)15-9(14)12-5-4-6-7(12)8(13)11-6;8-5-4-3(1-2-6-4)7(5)12(9,10)11/h6-7H,4-5H2,1-3H3,(H,15,16,17);6-7H,4-5H2,1-3H3,(H,11,13);3-4,6H,1-2H2,(H,9,10,11)/t2*6-,7+;3-,4+/m111/s1. The Kier molecular flexibility index (Phi) is 9.34. The SMILES string of the molecule is CC(C)(C)OC(=O)N1CC[C@@H]2[C@H]1C(=O)N2S(=O)(=O)O.CC(C)(C)OC(=O)N1CC[C@H]2NC(=O)[C@H]21.O=C1[C@H]2NCC[C@H]2N1S(=O)(=O)O. The third kappa shape index (κ3) is 7.16. The minimum absolute atomic E-state index is 0.0663. The van der Waals surface area contributed by atoms with Crippen LogP contribution < -0.4 is 10.6 Å². The van der Waals surface area contributed by atoms with Gasteiger partial charge in [-0.1, -0.05) is 0 Å². The number of ether oxygens (including phenoxy) is 2. The summed E-state index contributed by atoms with van der Waals surface area (Å²) in [5, 5.41) is 5.61. The fourth-order valence-corrected chi connectivity index (χ4v) is 7.81. The fraction of sp³-hybridized carbons (Fsp3) is 0.800. The third-order valence-corrected chi connectivity index (χ3v) is 9.75. The number of nitrogens with one attached hydrogen (secondary N) is 2. The predicted octanol–water partition coefficient (Wildman–Crippen LogP) is -1.13. The van der Waals surface area contributed by atoms with Gasteiger partial charge in [0.15, 0.2) is 0 Å². The van der Waals surface area contributed by atoms with Gasteiger partial charge in [-0.25, -0.2) is 18.2 Å². The lowest BCUT2D eigenvalue weighted by atomic mass is 10.0. The molecule has 6 rings (SSSR count). The average Bonchev–Trinajstić information content (AvgIpc) is 3.53. The maximum absolute atomic E-state index is 11.9. The zero-order valence-electron chi connectivity index (χ0n) is 26.2. The van der Waals surface area contributed by atoms with Crippen LogP contribution in [0.5, 0.6) is 0 Å². The van der Waals surface area contributed by atoms with Crippen LogP contribution in [-0.4, -0.2) is 141 Å². The van der Waals surface area contributed by atoms with Crippen molar-refractivity contribution in [3.8, 4) is 0 Å². The zero-order valence-corrected chi connectivity index (χ0v) is 27.8. The lowest BCUT2D eigenvalue weighted by Gasteiger charge is -2.42. The lowest BCUT2D eigenvalue weighted by molar-refractivity contribution is -0.144. The van der Waals surface area contributed by atoms with Crippen LogP contribution in [0, 0.1) is 0 Å². The van der Waals surface area contributed by atoms with Gasteiger partial charge in [0.1, 0.15) is 29.3 Å². The Balaban J connectivity index is 0.000000161. The number of carbonyl (C=O) groups is 5. The number of rotatable bonds is 2. The van der Waals surface area contributed by atoms with Crippen LogP contribution in [-0.2, 0) is 44.5 Å². The lowest BCUT2D eigenvalue weighted by Crippen LogP contribution is -2.68. The maximum atomic E-state index is 11.9. The first-order valence-corrected chi connectivity index (χ1v) is 17.4. The number of hydrogen-bond donors (Lipinski definition) is 4. The molecule has 0 saturated carbocycles. The second kappa shape index (κ2) is 12.1. The maximum Gasteiger partial charge on any atom is 0.411 e. The van der Waals surface area contributed by atoms with Gasteiger partial charge in [-0.3, -0.25) is 33.3 Å². The molecule has 0 unspecified atom stereocenters. The van der Waals surface area contributed by atoms with Gasteiger partial charge in [-0.2, -0.15) is 16.8 Å². The van der Waals surface area contributed by atoms with E-state index >= 15 is 0 Å². The van der Waals surface area contributed by atoms with Gasteiger partial charge in [-0.05, 0) is 67.3 Å². The van der Waals surface area contributed by atoms with E-state index < -0.39 is 67.8 Å². The molecule has 0 aliphatic carbocycles. The average molecular weight is 697 g/mol. The highest BCUT2D eigenvalue weighted by Gasteiger charge is 2.60. The highest BCUT2D eigenvalue weighted by molar-refractivity contribution is 7.84. The number of carbonyl (C=O) groups excluding carboxylic acids is 5. The highest BCUT2D eigenvalue weighted by Crippen LogP contribution is 2.36. The molecule has 21 heteroatoms. The van der Waals surface area contributed by atoms with Crippen LogP contribution in [0.4, 0.5) is 9.59 Å². The van der Waals surface area contributed by atoms with E-state index in [2.05, 4.69) is 10.6 Å². The van der Waals surface area contributed by atoms with E-state index in [1.54, 1.807) is 20.8 Å². The molecule has 6 fully saturated rings. The molecule has 46 heavy (non-hydrogen) atoms. The molecule has 19 nitrogen and oxygen atoms in total. The van der Waals surface area contributed by atoms with Crippen molar-refractivity contribution in [3.05, 3.63) is 0 Å². The molecule has 6 atom stereocenters. The Morgan fingerprint density at radius 2 is 1.22 bits per heavy atom. The van der Waals surface area contributed by atoms with Crippen molar-refractivity contribution in [2.24, 2.45) is 0 Å². The molecular formula is C25H40N6O13S2. The number of nitrogens with zero attached hydrogens (tertiary/aromatic N) is 4. The summed E-state index contributed by atoms with van der Waals surface area (Å²) in [4.78, 5) is 60.3. The van der Waals surface area contributed by atoms with Gasteiger partial charge < -0.3 is 20.1 Å². The van der Waals surface area contributed by atoms with Crippen LogP contribution in [0.1, 0.15) is 60.8 Å². The molecule has 6 heterocycles. The summed E-state index contributed by atoms with van der Waals surface area (Å²) in [6, 6.07) is -2.45. The second-order valence-electron chi connectivity index (χ2n) is 13.5. The van der Waals surface area contributed by atoms with E-state index in [0.717, 1.165) is 6.42 Å². The van der Waals surface area contributed by atoms with Gasteiger partial charge in [0, 0.05) is 13.1 Å². The minimum atomic E-state index is -4.55. The molecule has 6 aliphatic rings. The number of hydrogen-bond acceptors (Lipinski definition) is 12. The Bertz CT molecular complexity index is 1510. The molecule has 5 amide bonds. The molecule has 260 valence electrons. The van der Waals surface area contributed by atoms with Crippen LogP contribution >= 0.6 is 0 Å². The number of amides is 5. The van der Waals surface area contributed by atoms with Crippen molar-refractivity contribution >= 4 is 50.5 Å². The monoisotopic (exact) mass is 696 g/mol. The summed E-state index contributed by atoms with van der Waals surface area (Å²) in [7, 11) is -8.87. The normalized spacial score (nSPS) is 29.8. The second-order valence-corrected chi connectivity index (χ2v) is 16.1. The molecule has 0 radical (unpaired) electrons. The van der Waals surface area contributed by atoms with Crippen LogP contribution in [0.2, 0.25) is 0 Å². The smallest absolute Gasteiger partial charge is 0.411 e. The first-order valence-electron chi connectivity index (χ1n) is 14.6. The summed E-state index contributed by atoms with van der Waals surface area (Å²) in [6.45, 7) is 12.0. The van der Waals surface area contributed by atoms with Gasteiger partial charge in [-0.15, -0.1) is 0 Å². The van der Waals surface area contributed by atoms with Gasteiger partial charge in [0.05, 0.1) is 18.1 Å². The number of likely N-dealkylation sites (tertiary alicyclic amines) is 2. The minimum Gasteiger partial charge on any atom is -0.444 e. The Morgan fingerprint density at radius 3 is 1.70 bits per heavy atom. The Hall–Kier alpha value is -3.27. The predicted molar refractivity (Wildman–Crippen MR) is 155 cm³/mol. The van der Waals surface area contributed by atoms with Gasteiger partial charge >= 0.3 is 32.8 Å². The summed E-state index contributed by atoms with van der Waals surface area (Å²) in [5.41, 5.74) is -1.19. The molecular weight excluding hydrogens is 656 g/mol. The van der Waals surface area contributed by atoms with Crippen molar-refractivity contribution in [2.75, 3.05) is 19.6 Å². The van der Waals surface area contributed by atoms with Crippen LogP contribution in [0.25, 0.3) is 0 Å². The van der Waals surface area contributed by atoms with E-state index in [0.29, 0.717) is 34.5 Å². The summed E-state index contributed by atoms with van der Waals surface area (Å²) in [6.07, 6.45) is 0.676. The van der Waals surface area contributed by atoms with Crippen LogP contribution in [0.3, 0.4) is 0 Å². The number of β-lactam (4-membered cyclic amide) rings is 3. The van der Waals surface area contributed by atoms with Crippen LogP contribution in [0.15, 0.2) is 0 Å². The molecule has 6 aliphatic heterocycles. The zero-order chi connectivity index (χ0) is 34.7. The molecule has 0 aromatic heterocycles. The van der Waals surface area contributed by atoms with E-state index in [1.165, 1.54) is 9.80 Å². The molecule has 0 aromatic carbocycles. The first kappa shape index (κ1) is 35.6. The summed E-state index contributed by atoms with van der Waals surface area (Å²) < 4.78 is 72.0. The van der Waals surface area contributed by atoms with E-state index in [-0.39, 0.29) is 36.7 Å². The van der Waals surface area contributed by atoms with E-state index in [1.807, 2.05) is 20.8 Å². The highest BCUT2D eigenvalue weighted by atomic mass is 32.2. The van der Waals surface area contributed by atoms with Crippen molar-refractivity contribution in [2.45, 2.75) is 108 Å². The van der Waals surface area contributed by atoms with Crippen molar-refractivity contribution in [3.63, 3.8) is 0 Å². The van der Waals surface area contributed by atoms with E-state index in [4.69, 9.17) is 18.6 Å². The largest absolute Gasteiger partial charge is 0.444 e. The Labute approximate surface area is 266 Å². The van der Waals surface area contributed by atoms with Crippen molar-refractivity contribution in [1.82, 2.24) is 29.0 Å². The van der Waals surface area contributed by atoms with Gasteiger partial charge in [0.25, 0.3) is 11.8 Å². The fourth-order valence-electron chi connectivity index (χ4n) is 6.00. The molecule has 0 aromatic rings. The topological polar surface area (TPSA) is 250 Å².